The minimum absolute atomic E-state index is 0.195. The molecular formula is C27H30N4O2. The van der Waals surface area contributed by atoms with Crippen LogP contribution in [-0.4, -0.2) is 40.5 Å². The number of rotatable bonds is 5. The first-order valence-corrected chi connectivity index (χ1v) is 11.8. The van der Waals surface area contributed by atoms with Crippen molar-refractivity contribution in [3.63, 3.8) is 0 Å². The van der Waals surface area contributed by atoms with E-state index in [1.165, 1.54) is 5.56 Å². The third kappa shape index (κ3) is 5.00. The SMILES string of the molecule is Cc1cccnc1Nc1ccc(C2CCCN(C(=O)Cc3ccc4c(c3)CCCO4)C2)nc1. The smallest absolute Gasteiger partial charge is 0.227 e. The molecule has 0 aliphatic carbocycles. The minimum atomic E-state index is 0.195. The minimum Gasteiger partial charge on any atom is -0.493 e. The predicted molar refractivity (Wildman–Crippen MR) is 129 cm³/mol. The topological polar surface area (TPSA) is 67.4 Å². The second-order valence-electron chi connectivity index (χ2n) is 9.02. The molecule has 6 heteroatoms. The highest BCUT2D eigenvalue weighted by molar-refractivity contribution is 5.79. The van der Waals surface area contributed by atoms with E-state index in [9.17, 15) is 4.79 Å². The Morgan fingerprint density at radius 2 is 2.12 bits per heavy atom. The van der Waals surface area contributed by atoms with Gasteiger partial charge in [-0.05, 0) is 73.6 Å². The fourth-order valence-corrected chi connectivity index (χ4v) is 4.73. The van der Waals surface area contributed by atoms with E-state index in [1.807, 2.05) is 48.4 Å². The summed E-state index contributed by atoms with van der Waals surface area (Å²) in [5.74, 6) is 2.28. The number of carbonyl (C=O) groups is 1. The van der Waals surface area contributed by atoms with Crippen molar-refractivity contribution < 1.29 is 9.53 Å². The normalized spacial score (nSPS) is 17.7. The van der Waals surface area contributed by atoms with Crippen LogP contribution >= 0.6 is 0 Å². The van der Waals surface area contributed by atoms with Gasteiger partial charge >= 0.3 is 0 Å². The highest BCUT2D eigenvalue weighted by Crippen LogP contribution is 2.29. The first kappa shape index (κ1) is 21.4. The van der Waals surface area contributed by atoms with Crippen LogP contribution in [0.15, 0.2) is 54.9 Å². The molecule has 2 aliphatic heterocycles. The van der Waals surface area contributed by atoms with Crippen LogP contribution in [0.25, 0.3) is 0 Å². The van der Waals surface area contributed by atoms with Crippen molar-refractivity contribution in [2.24, 2.45) is 0 Å². The molecule has 2 aromatic heterocycles. The van der Waals surface area contributed by atoms with Crippen molar-refractivity contribution in [2.45, 2.75) is 44.9 Å². The maximum Gasteiger partial charge on any atom is 0.227 e. The average molecular weight is 443 g/mol. The molecule has 1 unspecified atom stereocenters. The summed E-state index contributed by atoms with van der Waals surface area (Å²) in [5.41, 5.74) is 5.35. The molecule has 0 spiro atoms. The number of fused-ring (bicyclic) bond motifs is 1. The number of likely N-dealkylation sites (tertiary alicyclic amines) is 1. The Kier molecular flexibility index (Phi) is 6.24. The van der Waals surface area contributed by atoms with Crippen molar-refractivity contribution in [1.82, 2.24) is 14.9 Å². The molecule has 1 aromatic carbocycles. The highest BCUT2D eigenvalue weighted by Gasteiger charge is 2.26. The summed E-state index contributed by atoms with van der Waals surface area (Å²) in [6.45, 7) is 4.37. The summed E-state index contributed by atoms with van der Waals surface area (Å²) < 4.78 is 5.70. The molecule has 0 bridgehead atoms. The van der Waals surface area contributed by atoms with Gasteiger partial charge in [-0.2, -0.15) is 0 Å². The molecule has 4 heterocycles. The van der Waals surface area contributed by atoms with Gasteiger partial charge < -0.3 is 15.0 Å². The number of aryl methyl sites for hydroxylation is 2. The van der Waals surface area contributed by atoms with Gasteiger partial charge in [-0.3, -0.25) is 9.78 Å². The Morgan fingerprint density at radius 1 is 1.18 bits per heavy atom. The number of aromatic nitrogens is 2. The molecule has 33 heavy (non-hydrogen) atoms. The lowest BCUT2D eigenvalue weighted by Gasteiger charge is -2.32. The van der Waals surface area contributed by atoms with Gasteiger partial charge in [0.1, 0.15) is 11.6 Å². The van der Waals surface area contributed by atoms with Crippen molar-refractivity contribution in [3.05, 3.63) is 77.2 Å². The molecule has 1 atom stereocenters. The Balaban J connectivity index is 1.21. The number of pyridine rings is 2. The van der Waals surface area contributed by atoms with Crippen molar-refractivity contribution in [2.75, 3.05) is 25.0 Å². The molecule has 5 rings (SSSR count). The lowest BCUT2D eigenvalue weighted by Crippen LogP contribution is -2.40. The largest absolute Gasteiger partial charge is 0.493 e. The summed E-state index contributed by atoms with van der Waals surface area (Å²) in [6, 6.07) is 14.3. The van der Waals surface area contributed by atoms with Gasteiger partial charge in [0, 0.05) is 30.9 Å². The van der Waals surface area contributed by atoms with Gasteiger partial charge in [0.15, 0.2) is 0 Å². The van der Waals surface area contributed by atoms with Crippen LogP contribution in [0.5, 0.6) is 5.75 Å². The number of nitrogens with zero attached hydrogens (tertiary/aromatic N) is 3. The lowest BCUT2D eigenvalue weighted by atomic mass is 9.93. The summed E-state index contributed by atoms with van der Waals surface area (Å²) in [5, 5.41) is 3.33. The van der Waals surface area contributed by atoms with E-state index in [0.717, 1.165) is 79.5 Å². The number of piperidine rings is 1. The zero-order valence-corrected chi connectivity index (χ0v) is 19.1. The first-order valence-electron chi connectivity index (χ1n) is 11.8. The van der Waals surface area contributed by atoms with Crippen LogP contribution < -0.4 is 10.1 Å². The standard InChI is InChI=1S/C27H30N4O2/c1-19-5-2-12-28-27(19)30-23-9-10-24(29-17-23)22-6-3-13-31(18-22)26(32)16-20-8-11-25-21(15-20)7-4-14-33-25/h2,5,8-12,15,17,22H,3-4,6-7,13-14,16,18H2,1H3,(H,28,30). The first-order chi connectivity index (χ1) is 16.2. The van der Waals surface area contributed by atoms with E-state index in [-0.39, 0.29) is 11.8 Å². The number of nitrogens with one attached hydrogen (secondary N) is 1. The van der Waals surface area contributed by atoms with Crippen LogP contribution in [0.2, 0.25) is 0 Å². The molecule has 3 aromatic rings. The highest BCUT2D eigenvalue weighted by atomic mass is 16.5. The van der Waals surface area contributed by atoms with Crippen molar-refractivity contribution in [3.8, 4) is 5.75 Å². The summed E-state index contributed by atoms with van der Waals surface area (Å²) >= 11 is 0. The Hall–Kier alpha value is -3.41. The predicted octanol–water partition coefficient (Wildman–Crippen LogP) is 4.80. The molecule has 2 aliphatic rings. The monoisotopic (exact) mass is 442 g/mol. The summed E-state index contributed by atoms with van der Waals surface area (Å²) in [6.07, 6.45) is 8.21. The van der Waals surface area contributed by atoms with Gasteiger partial charge in [-0.1, -0.05) is 18.2 Å². The van der Waals surface area contributed by atoms with Crippen LogP contribution in [0.1, 0.15) is 47.6 Å². The van der Waals surface area contributed by atoms with Crippen molar-refractivity contribution in [1.29, 1.82) is 0 Å². The van der Waals surface area contributed by atoms with E-state index in [0.29, 0.717) is 6.42 Å². The maximum absolute atomic E-state index is 13.1. The summed E-state index contributed by atoms with van der Waals surface area (Å²) in [4.78, 5) is 24.2. The van der Waals surface area contributed by atoms with Gasteiger partial charge in [-0.25, -0.2) is 4.98 Å². The average Bonchev–Trinajstić information content (AvgIpc) is 2.86. The molecule has 170 valence electrons. The van der Waals surface area contributed by atoms with Crippen molar-refractivity contribution >= 4 is 17.4 Å². The number of amides is 1. The molecule has 1 saturated heterocycles. The van der Waals surface area contributed by atoms with E-state index >= 15 is 0 Å². The Bertz CT molecular complexity index is 1130. The molecule has 6 nitrogen and oxygen atoms in total. The zero-order valence-electron chi connectivity index (χ0n) is 19.1. The second-order valence-corrected chi connectivity index (χ2v) is 9.02. The number of benzene rings is 1. The quantitative estimate of drug-likeness (QED) is 0.615. The van der Waals surface area contributed by atoms with Crippen LogP contribution in [-0.2, 0) is 17.6 Å². The zero-order chi connectivity index (χ0) is 22.6. The molecule has 1 fully saturated rings. The second kappa shape index (κ2) is 9.61. The van der Waals surface area contributed by atoms with Gasteiger partial charge in [-0.15, -0.1) is 0 Å². The fraction of sp³-hybridized carbons (Fsp3) is 0.370. The molecule has 0 radical (unpaired) electrons. The number of hydrogen-bond donors (Lipinski definition) is 1. The molecule has 1 amide bonds. The third-order valence-corrected chi connectivity index (χ3v) is 6.58. The molecular weight excluding hydrogens is 412 g/mol. The van der Waals surface area contributed by atoms with E-state index in [1.54, 1.807) is 6.20 Å². The maximum atomic E-state index is 13.1. The number of ether oxygens (including phenoxy) is 1. The molecule has 0 saturated carbocycles. The number of hydrogen-bond acceptors (Lipinski definition) is 5. The van der Waals surface area contributed by atoms with Crippen LogP contribution in [0.4, 0.5) is 11.5 Å². The van der Waals surface area contributed by atoms with Gasteiger partial charge in [0.05, 0.1) is 24.9 Å². The van der Waals surface area contributed by atoms with Gasteiger partial charge in [0.2, 0.25) is 5.91 Å². The lowest BCUT2D eigenvalue weighted by molar-refractivity contribution is -0.131. The van der Waals surface area contributed by atoms with E-state index in [4.69, 9.17) is 9.72 Å². The van der Waals surface area contributed by atoms with Crippen LogP contribution in [0, 0.1) is 6.92 Å². The van der Waals surface area contributed by atoms with E-state index < -0.39 is 0 Å². The number of carbonyl (C=O) groups excluding carboxylic acids is 1. The summed E-state index contributed by atoms with van der Waals surface area (Å²) in [7, 11) is 0. The van der Waals surface area contributed by atoms with Gasteiger partial charge in [0.25, 0.3) is 0 Å². The van der Waals surface area contributed by atoms with Crippen LogP contribution in [0.3, 0.4) is 0 Å². The Labute approximate surface area is 195 Å². The number of anilines is 2. The third-order valence-electron chi connectivity index (χ3n) is 6.58. The fourth-order valence-electron chi connectivity index (χ4n) is 4.73. The molecule has 1 N–H and O–H groups in total. The Morgan fingerprint density at radius 3 is 2.97 bits per heavy atom. The van der Waals surface area contributed by atoms with E-state index in [2.05, 4.69) is 22.4 Å².